The third-order valence-electron chi connectivity index (χ3n) is 11.8. The van der Waals surface area contributed by atoms with Gasteiger partial charge >= 0.3 is 0 Å². The Morgan fingerprint density at radius 3 is 2.40 bits per heavy atom. The summed E-state index contributed by atoms with van der Waals surface area (Å²) >= 11 is 0. The van der Waals surface area contributed by atoms with Crippen molar-refractivity contribution < 1.29 is 28.4 Å². The van der Waals surface area contributed by atoms with E-state index >= 15 is 4.39 Å². The van der Waals surface area contributed by atoms with Crippen LogP contribution in [0, 0.1) is 17.1 Å². The molecule has 1 aliphatic carbocycles. The standard InChI is InChI=1S/C41H39FN6O5/c1-5-22-17-27-28(41(2,3)37-34(36(27)50)25-8-6-21(19-43)16-29(25)44-37)18-31(22)47-14-12-24(13-15-47)46(4)20-23-7-9-26-33(35(23)42)40(53)48(39(26)52)30-10-11-32(49)45-38(30)51/h6-9,16-18,24,30,44H,5,10-15,20H2,1-4H3,(H,45,49,51). The van der Waals surface area contributed by atoms with Crippen LogP contribution in [0.4, 0.5) is 10.1 Å². The third kappa shape index (κ3) is 5.28. The highest BCUT2D eigenvalue weighted by Gasteiger charge is 2.46. The molecule has 0 spiro atoms. The highest BCUT2D eigenvalue weighted by atomic mass is 19.1. The number of carbonyl (C=O) groups is 5. The molecule has 4 aliphatic rings. The molecule has 0 saturated carbocycles. The van der Waals surface area contributed by atoms with Crippen molar-refractivity contribution >= 4 is 46.0 Å². The van der Waals surface area contributed by atoms with E-state index in [0.717, 1.165) is 70.7 Å². The molecule has 2 N–H and O–H groups in total. The maximum Gasteiger partial charge on any atom is 0.265 e. The van der Waals surface area contributed by atoms with Gasteiger partial charge in [0.05, 0.1) is 28.3 Å². The fraction of sp³-hybridized carbons (Fsp3) is 0.366. The van der Waals surface area contributed by atoms with Crippen molar-refractivity contribution in [2.24, 2.45) is 0 Å². The third-order valence-corrected chi connectivity index (χ3v) is 11.8. The van der Waals surface area contributed by atoms with Crippen LogP contribution in [-0.2, 0) is 28.0 Å². The molecule has 12 heteroatoms. The van der Waals surface area contributed by atoms with Crippen LogP contribution in [0.2, 0.25) is 0 Å². The smallest absolute Gasteiger partial charge is 0.265 e. The predicted octanol–water partition coefficient (Wildman–Crippen LogP) is 5.11. The summed E-state index contributed by atoms with van der Waals surface area (Å²) in [4.78, 5) is 73.3. The normalized spacial score (nSPS) is 19.8. The fourth-order valence-electron chi connectivity index (χ4n) is 8.78. The number of hydrogen-bond donors (Lipinski definition) is 2. The van der Waals surface area contributed by atoms with Gasteiger partial charge < -0.3 is 9.88 Å². The molecule has 2 saturated heterocycles. The molecule has 0 radical (unpaired) electrons. The lowest BCUT2D eigenvalue weighted by molar-refractivity contribution is -0.136. The second-order valence-electron chi connectivity index (χ2n) is 15.1. The number of nitrogens with zero attached hydrogens (tertiary/aromatic N) is 4. The Labute approximate surface area is 305 Å². The van der Waals surface area contributed by atoms with Crippen molar-refractivity contribution in [3.8, 4) is 6.07 Å². The number of imide groups is 2. The first-order valence-corrected chi connectivity index (χ1v) is 18.1. The zero-order valence-electron chi connectivity index (χ0n) is 30.1. The van der Waals surface area contributed by atoms with Crippen molar-refractivity contribution in [1.29, 1.82) is 5.26 Å². The topological polar surface area (TPSA) is 147 Å². The SMILES string of the molecule is CCc1cc2c(cc1N1CCC(N(C)Cc3ccc4c(c3F)C(=O)N(C3CCC(=O)NC3=O)C4=O)CC1)C(C)(C)c1[nH]c3cc(C#N)ccc3c1C2=O. The largest absolute Gasteiger partial charge is 0.371 e. The Kier molecular flexibility index (Phi) is 8.11. The van der Waals surface area contributed by atoms with Crippen LogP contribution < -0.4 is 10.2 Å². The summed E-state index contributed by atoms with van der Waals surface area (Å²) < 4.78 is 16.0. The van der Waals surface area contributed by atoms with Crippen molar-refractivity contribution in [3.63, 3.8) is 0 Å². The number of aromatic nitrogens is 1. The highest BCUT2D eigenvalue weighted by Crippen LogP contribution is 2.46. The van der Waals surface area contributed by atoms with E-state index in [0.29, 0.717) is 16.7 Å². The van der Waals surface area contributed by atoms with Crippen LogP contribution in [-0.4, -0.2) is 76.4 Å². The van der Waals surface area contributed by atoms with E-state index in [1.165, 1.54) is 12.1 Å². The van der Waals surface area contributed by atoms with Crippen molar-refractivity contribution in [2.75, 3.05) is 25.0 Å². The van der Waals surface area contributed by atoms with E-state index in [4.69, 9.17) is 0 Å². The van der Waals surface area contributed by atoms with Crippen LogP contribution in [0.25, 0.3) is 10.9 Å². The zero-order valence-corrected chi connectivity index (χ0v) is 30.1. The first-order chi connectivity index (χ1) is 25.3. The number of amides is 4. The lowest BCUT2D eigenvalue weighted by Gasteiger charge is -2.40. The minimum absolute atomic E-state index is 0.00304. The summed E-state index contributed by atoms with van der Waals surface area (Å²) in [6.07, 6.45) is 2.35. The number of nitriles is 1. The van der Waals surface area contributed by atoms with Gasteiger partial charge in [-0.15, -0.1) is 0 Å². The first-order valence-electron chi connectivity index (χ1n) is 18.1. The van der Waals surface area contributed by atoms with Crippen LogP contribution in [0.3, 0.4) is 0 Å². The molecule has 1 unspecified atom stereocenters. The maximum atomic E-state index is 16.0. The summed E-state index contributed by atoms with van der Waals surface area (Å²) in [5, 5.41) is 12.4. The van der Waals surface area contributed by atoms with Gasteiger partial charge in [0.1, 0.15) is 11.9 Å². The van der Waals surface area contributed by atoms with Gasteiger partial charge in [0.25, 0.3) is 11.8 Å². The number of anilines is 1. The minimum Gasteiger partial charge on any atom is -0.371 e. The van der Waals surface area contributed by atoms with Crippen LogP contribution >= 0.6 is 0 Å². The molecule has 0 bridgehead atoms. The van der Waals surface area contributed by atoms with Crippen LogP contribution in [0.5, 0.6) is 0 Å². The molecule has 3 aliphatic heterocycles. The van der Waals surface area contributed by atoms with Gasteiger partial charge in [-0.1, -0.05) is 32.9 Å². The van der Waals surface area contributed by atoms with Gasteiger partial charge in [-0.05, 0) is 74.2 Å². The number of piperidine rings is 2. The Balaban J connectivity index is 0.994. The van der Waals surface area contributed by atoms with Gasteiger partial charge in [0.2, 0.25) is 11.8 Å². The van der Waals surface area contributed by atoms with E-state index in [9.17, 15) is 29.2 Å². The zero-order chi connectivity index (χ0) is 37.5. The Morgan fingerprint density at radius 1 is 0.943 bits per heavy atom. The number of aryl methyl sites for hydroxylation is 1. The summed E-state index contributed by atoms with van der Waals surface area (Å²) in [6, 6.07) is 13.8. The second kappa shape index (κ2) is 12.5. The van der Waals surface area contributed by atoms with Crippen LogP contribution in [0.1, 0.15) is 111 Å². The van der Waals surface area contributed by atoms with Gasteiger partial charge in [-0.3, -0.25) is 39.1 Å². The van der Waals surface area contributed by atoms with E-state index in [2.05, 4.69) is 59.1 Å². The number of halogens is 1. The molecule has 4 amide bonds. The van der Waals surface area contributed by atoms with Crippen LogP contribution in [0.15, 0.2) is 42.5 Å². The minimum atomic E-state index is -1.16. The quantitative estimate of drug-likeness (QED) is 0.262. The first kappa shape index (κ1) is 34.4. The second-order valence-corrected chi connectivity index (χ2v) is 15.1. The number of nitrogens with one attached hydrogen (secondary N) is 2. The number of benzene rings is 3. The van der Waals surface area contributed by atoms with Gasteiger partial charge in [0.15, 0.2) is 5.78 Å². The molecular weight excluding hydrogens is 675 g/mol. The summed E-state index contributed by atoms with van der Waals surface area (Å²) in [6.45, 7) is 8.08. The molecular formula is C41H39FN6O5. The van der Waals surface area contributed by atoms with E-state index in [-0.39, 0.29) is 47.9 Å². The van der Waals surface area contributed by atoms with E-state index < -0.39 is 40.9 Å². The van der Waals surface area contributed by atoms with Crippen molar-refractivity contribution in [2.45, 2.75) is 76.9 Å². The number of fused-ring (bicyclic) bond motifs is 5. The number of H-pyrrole nitrogens is 1. The Hall–Kier alpha value is -5.67. The predicted molar refractivity (Wildman–Crippen MR) is 194 cm³/mol. The Bertz CT molecular complexity index is 2350. The van der Waals surface area contributed by atoms with Gasteiger partial charge in [0, 0.05) is 70.9 Å². The average molecular weight is 715 g/mol. The molecule has 1 atom stereocenters. The molecule has 2 fully saturated rings. The molecule has 53 heavy (non-hydrogen) atoms. The molecule has 1 aromatic heterocycles. The monoisotopic (exact) mass is 714 g/mol. The van der Waals surface area contributed by atoms with Gasteiger partial charge in [-0.2, -0.15) is 5.26 Å². The number of hydrogen-bond acceptors (Lipinski definition) is 8. The molecule has 3 aromatic carbocycles. The molecule has 4 aromatic rings. The number of ketones is 1. The number of rotatable bonds is 6. The average Bonchev–Trinajstić information content (AvgIpc) is 3.66. The molecule has 270 valence electrons. The summed E-state index contributed by atoms with van der Waals surface area (Å²) in [5.74, 6) is -3.57. The van der Waals surface area contributed by atoms with Gasteiger partial charge in [-0.25, -0.2) is 4.39 Å². The summed E-state index contributed by atoms with van der Waals surface area (Å²) in [7, 11) is 1.93. The Morgan fingerprint density at radius 2 is 1.70 bits per heavy atom. The maximum absolute atomic E-state index is 16.0. The lowest BCUT2D eigenvalue weighted by atomic mass is 9.70. The highest BCUT2D eigenvalue weighted by molar-refractivity contribution is 6.24. The fourth-order valence-corrected chi connectivity index (χ4v) is 8.78. The van der Waals surface area contributed by atoms with E-state index in [1.807, 2.05) is 13.1 Å². The number of carbonyl (C=O) groups excluding carboxylic acids is 5. The van der Waals surface area contributed by atoms with E-state index in [1.54, 1.807) is 12.1 Å². The van der Waals surface area contributed by atoms with Crippen molar-refractivity contribution in [3.05, 3.63) is 98.5 Å². The molecule has 8 rings (SSSR count). The molecule has 4 heterocycles. The number of aromatic amines is 1. The molecule has 11 nitrogen and oxygen atoms in total. The summed E-state index contributed by atoms with van der Waals surface area (Å²) in [5.41, 5.74) is 6.10. The van der Waals surface area contributed by atoms with Crippen molar-refractivity contribution in [1.82, 2.24) is 20.1 Å². The lowest BCUT2D eigenvalue weighted by Crippen LogP contribution is -2.54.